The number of likely N-dealkylation sites (N-methyl/N-ethyl adjacent to an activating group) is 2. The van der Waals surface area contributed by atoms with Gasteiger partial charge in [0, 0.05) is 145 Å². The number of unbranched alkanes of at least 4 members (excludes halogenated alkanes) is 1. The molecule has 0 bridgehead atoms. The maximum Gasteiger partial charge on any atom is 0.303 e. The van der Waals surface area contributed by atoms with Gasteiger partial charge >= 0.3 is 5.97 Å². The molecule has 452 valence electrons. The molecule has 24 heteroatoms. The summed E-state index contributed by atoms with van der Waals surface area (Å²) in [6.45, 7) is 11.3. The van der Waals surface area contributed by atoms with Crippen LogP contribution in [0.5, 0.6) is 0 Å². The molecule has 5 heterocycles. The van der Waals surface area contributed by atoms with E-state index in [2.05, 4.69) is 10.3 Å². The molecule has 3 aliphatic rings. The first-order valence-corrected chi connectivity index (χ1v) is 31.4. The van der Waals surface area contributed by atoms with Crippen LogP contribution >= 0.6 is 34.4 Å². The average molecular weight is 1200 g/mol. The first-order chi connectivity index (χ1) is 39.6. The van der Waals surface area contributed by atoms with Gasteiger partial charge in [-0.15, -0.1) is 22.7 Å². The number of amides is 7. The van der Waals surface area contributed by atoms with E-state index in [0.29, 0.717) is 48.1 Å². The van der Waals surface area contributed by atoms with E-state index >= 15 is 0 Å². The quantitative estimate of drug-likeness (QED) is 0.0266. The SMILES string of the molecule is CC[C@H](C)C(CC(=O)[C@H]1CN1C)C(=O)N(C)[C@H](C[C@@H](OC(C)=O)c1nc(C(=O)N(C)[C@@H](CSc2nccs2)C(=O)C[C@H](CCCCN)C(=O)N[C@@H](Cc2ccccc2)C(=O)N2CCN(C(=O)CCCN3C(=O)C=CC3=O)CC2)cs1)C(C)C. The molecule has 2 fully saturated rings. The highest BCUT2D eigenvalue weighted by molar-refractivity contribution is 8.01. The minimum atomic E-state index is -1.07. The van der Waals surface area contributed by atoms with E-state index < -0.39 is 71.4 Å². The van der Waals surface area contributed by atoms with Gasteiger partial charge in [0.2, 0.25) is 23.6 Å². The lowest BCUT2D eigenvalue weighted by atomic mass is 9.84. The highest BCUT2D eigenvalue weighted by Crippen LogP contribution is 2.34. The molecule has 9 atom stereocenters. The number of nitrogens with one attached hydrogen (secondary N) is 1. The van der Waals surface area contributed by atoms with Crippen LogP contribution in [0.3, 0.4) is 0 Å². The summed E-state index contributed by atoms with van der Waals surface area (Å²) in [6, 6.07) is 6.52. The third kappa shape index (κ3) is 18.6. The number of thioether (sulfide) groups is 1. The molecule has 0 spiro atoms. The lowest BCUT2D eigenvalue weighted by Gasteiger charge is -2.37. The molecule has 21 nitrogen and oxygen atoms in total. The zero-order valence-corrected chi connectivity index (χ0v) is 51.5. The van der Waals surface area contributed by atoms with Crippen LogP contribution in [0.15, 0.2) is 63.8 Å². The number of nitrogens with two attached hydrogens (primary N) is 1. The molecule has 2 saturated heterocycles. The minimum Gasteiger partial charge on any atom is -0.455 e. The number of piperazine rings is 1. The van der Waals surface area contributed by atoms with Gasteiger partial charge in [-0.2, -0.15) is 0 Å². The molecule has 2 aromatic heterocycles. The number of ketones is 2. The van der Waals surface area contributed by atoms with Crippen LogP contribution in [0.25, 0.3) is 0 Å². The van der Waals surface area contributed by atoms with Crippen LogP contribution in [0.4, 0.5) is 0 Å². The zero-order valence-electron chi connectivity index (χ0n) is 49.1. The van der Waals surface area contributed by atoms with Crippen molar-refractivity contribution in [2.45, 2.75) is 133 Å². The van der Waals surface area contributed by atoms with Crippen LogP contribution in [0.2, 0.25) is 0 Å². The molecule has 6 rings (SSSR count). The van der Waals surface area contributed by atoms with Crippen molar-refractivity contribution in [3.63, 3.8) is 0 Å². The molecule has 0 aliphatic carbocycles. The smallest absolute Gasteiger partial charge is 0.303 e. The van der Waals surface area contributed by atoms with E-state index in [1.807, 2.05) is 70.0 Å². The van der Waals surface area contributed by atoms with Gasteiger partial charge < -0.3 is 35.4 Å². The number of hydrogen-bond acceptors (Lipinski definition) is 18. The second kappa shape index (κ2) is 31.6. The largest absolute Gasteiger partial charge is 0.455 e. The number of rotatable bonds is 33. The zero-order chi connectivity index (χ0) is 60.5. The highest BCUT2D eigenvalue weighted by atomic mass is 32.2. The van der Waals surface area contributed by atoms with E-state index in [9.17, 15) is 47.9 Å². The molecule has 3 aromatic rings. The van der Waals surface area contributed by atoms with Gasteiger partial charge in [-0.05, 0) is 50.3 Å². The number of Topliss-reactive ketones (excluding diaryl/α,β-unsaturated/α-hetero) is 2. The Kier molecular flexibility index (Phi) is 25.1. The standard InChI is InChI=1S/C59H82N10O11S3/c1-9-38(4)42(32-49(72)46-34-64(46)6)56(77)65(7)45(37(2)3)33-50(80-39(5)70)55-63-44(35-82-55)57(78)66(8)47(36-83-59-61-23-29-81-59)48(71)31-41(18-13-14-22-60)54(76)62-43(30-40-16-11-10-12-17-40)58(79)68-27-25-67(26-28-68)51(73)19-15-24-69-52(74)20-21-53(69)75/h10-12,16-17,20-21,23,29,35,37-38,41-43,45-47,50H,9,13-15,18-19,22,24-28,30-34,36,60H2,1-8H3,(H,62,76)/t38-,41-,42?,43-,45+,46+,47-,50+,64?/m0/s1. The monoisotopic (exact) mass is 1200 g/mol. The minimum absolute atomic E-state index is 0.00277. The Bertz CT molecular complexity index is 2750. The molecular weight excluding hydrogens is 1120 g/mol. The fourth-order valence-corrected chi connectivity index (χ4v) is 13.2. The number of thiazole rings is 2. The number of esters is 1. The number of carbonyl (C=O) groups is 10. The Morgan fingerprint density at radius 2 is 1.58 bits per heavy atom. The second-order valence-corrected chi connectivity index (χ2v) is 25.2. The maximum absolute atomic E-state index is 14.9. The van der Waals surface area contributed by atoms with Gasteiger partial charge in [-0.25, -0.2) is 9.97 Å². The van der Waals surface area contributed by atoms with E-state index in [-0.39, 0.29) is 124 Å². The van der Waals surface area contributed by atoms with Crippen molar-refractivity contribution in [2.24, 2.45) is 29.4 Å². The van der Waals surface area contributed by atoms with Gasteiger partial charge in [0.25, 0.3) is 17.7 Å². The summed E-state index contributed by atoms with van der Waals surface area (Å²) in [5, 5.41) is 6.69. The number of ether oxygens (including phenoxy) is 1. The third-order valence-corrected chi connectivity index (χ3v) is 18.9. The van der Waals surface area contributed by atoms with Gasteiger partial charge in [-0.3, -0.25) is 57.7 Å². The molecule has 2 unspecified atom stereocenters. The Hall–Kier alpha value is -6.21. The van der Waals surface area contributed by atoms with Gasteiger partial charge in [0.1, 0.15) is 21.1 Å². The topological polar surface area (TPSA) is 263 Å². The van der Waals surface area contributed by atoms with E-state index in [0.717, 1.165) is 21.8 Å². The van der Waals surface area contributed by atoms with E-state index in [4.69, 9.17) is 15.5 Å². The summed E-state index contributed by atoms with van der Waals surface area (Å²) in [7, 11) is 5.11. The number of hydrogen-bond donors (Lipinski definition) is 2. The number of aromatic nitrogens is 2. The van der Waals surface area contributed by atoms with Crippen LogP contribution in [-0.2, 0) is 54.3 Å². The van der Waals surface area contributed by atoms with Crippen LogP contribution < -0.4 is 11.1 Å². The van der Waals surface area contributed by atoms with Crippen molar-refractivity contribution in [3.05, 3.63) is 75.7 Å². The van der Waals surface area contributed by atoms with E-state index in [1.165, 1.54) is 54.1 Å². The van der Waals surface area contributed by atoms with Gasteiger partial charge in [0.05, 0.1) is 12.1 Å². The maximum atomic E-state index is 14.9. The number of imide groups is 1. The van der Waals surface area contributed by atoms with Crippen molar-refractivity contribution in [1.82, 2.24) is 44.7 Å². The summed E-state index contributed by atoms with van der Waals surface area (Å²) >= 11 is 3.78. The Balaban J connectivity index is 1.17. The molecule has 83 heavy (non-hydrogen) atoms. The Morgan fingerprint density at radius 1 is 0.904 bits per heavy atom. The highest BCUT2D eigenvalue weighted by Gasteiger charge is 2.42. The normalized spacial score (nSPS) is 18.5. The summed E-state index contributed by atoms with van der Waals surface area (Å²) in [6.07, 6.45) is 5.74. The molecule has 0 saturated carbocycles. The number of benzene rings is 1. The number of nitrogens with zero attached hydrogens (tertiary/aromatic N) is 8. The predicted octanol–water partition coefficient (Wildman–Crippen LogP) is 5.05. The van der Waals surface area contributed by atoms with E-state index in [1.54, 1.807) is 38.7 Å². The fourth-order valence-electron chi connectivity index (χ4n) is 10.5. The summed E-state index contributed by atoms with van der Waals surface area (Å²) in [4.78, 5) is 155. The summed E-state index contributed by atoms with van der Waals surface area (Å²) in [5.74, 6) is -5.05. The Morgan fingerprint density at radius 3 is 2.18 bits per heavy atom. The van der Waals surface area contributed by atoms with Crippen molar-refractivity contribution in [3.8, 4) is 0 Å². The molecule has 1 aromatic carbocycles. The van der Waals surface area contributed by atoms with Crippen LogP contribution in [-0.4, -0.2) is 195 Å². The van der Waals surface area contributed by atoms with Crippen molar-refractivity contribution >= 4 is 93.3 Å². The molecule has 7 amide bonds. The van der Waals surface area contributed by atoms with Crippen LogP contribution in [0, 0.1) is 23.7 Å². The molecular formula is C59H82N10O11S3. The van der Waals surface area contributed by atoms with Crippen molar-refractivity contribution in [1.29, 1.82) is 0 Å². The van der Waals surface area contributed by atoms with Crippen molar-refractivity contribution in [2.75, 3.05) is 72.7 Å². The summed E-state index contributed by atoms with van der Waals surface area (Å²) in [5.41, 5.74) is 6.71. The van der Waals surface area contributed by atoms with Crippen molar-refractivity contribution < 1.29 is 52.7 Å². The lowest BCUT2D eigenvalue weighted by Crippen LogP contribution is -2.57. The summed E-state index contributed by atoms with van der Waals surface area (Å²) < 4.78 is 6.56. The van der Waals surface area contributed by atoms with Gasteiger partial charge in [-0.1, -0.05) is 82.6 Å². The fraction of sp³-hybridized carbons (Fsp3) is 0.593. The van der Waals surface area contributed by atoms with Gasteiger partial charge in [0.15, 0.2) is 17.7 Å². The first-order valence-electron chi connectivity index (χ1n) is 28.7. The predicted molar refractivity (Wildman–Crippen MR) is 317 cm³/mol. The second-order valence-electron chi connectivity index (χ2n) is 22.2. The van der Waals surface area contributed by atoms with Crippen LogP contribution in [0.1, 0.15) is 120 Å². The first kappa shape index (κ1) is 65.9. The number of carbonyl (C=O) groups excluding carboxylic acids is 10. The lowest BCUT2D eigenvalue weighted by molar-refractivity contribution is -0.149. The molecule has 3 aliphatic heterocycles. The molecule has 3 N–H and O–H groups in total. The average Bonchev–Trinajstić information content (AvgIpc) is 3.96. The third-order valence-electron chi connectivity index (χ3n) is 16.0. The Labute approximate surface area is 499 Å². The molecule has 0 radical (unpaired) electrons.